The van der Waals surface area contributed by atoms with E-state index in [1.165, 1.54) is 4.88 Å². The normalized spacial score (nSPS) is 11.9. The molecule has 0 saturated heterocycles. The fourth-order valence-corrected chi connectivity index (χ4v) is 2.72. The number of alkyl halides is 3. The van der Waals surface area contributed by atoms with Crippen LogP contribution < -0.4 is 16.0 Å². The number of carbonyl (C=O) groups excluding carboxylic acids is 1. The molecule has 3 N–H and O–H groups in total. The number of carbonyl (C=O) groups is 1. The quantitative estimate of drug-likeness (QED) is 0.408. The second kappa shape index (κ2) is 9.23. The number of halogens is 3. The molecule has 0 radical (unpaired) electrons. The maximum atomic E-state index is 12.5. The Kier molecular flexibility index (Phi) is 7.02. The number of nitrogens with one attached hydrogen (secondary N) is 3. The molecule has 2 rings (SSSR count). The summed E-state index contributed by atoms with van der Waals surface area (Å²) >= 11 is 1.64. The molecule has 9 heteroatoms. The zero-order chi connectivity index (χ0) is 19.0. The number of thiophene rings is 1. The van der Waals surface area contributed by atoms with Crippen molar-refractivity contribution in [2.24, 2.45) is 4.99 Å². The smallest absolute Gasteiger partial charge is 0.355 e. The van der Waals surface area contributed by atoms with Crippen LogP contribution in [0.1, 0.15) is 20.8 Å². The number of benzene rings is 1. The standard InChI is InChI=1S/C17H19F3N4OS/c1-21-16(24-11-14-3-2-10-26-14)23-9-8-22-15(25)12-4-6-13(7-5-12)17(18,19)20/h2-7,10H,8-9,11H2,1H3,(H,22,25)(H2,21,23,24). The van der Waals surface area contributed by atoms with Crippen LogP contribution in [-0.2, 0) is 12.7 Å². The summed E-state index contributed by atoms with van der Waals surface area (Å²) < 4.78 is 37.5. The summed E-state index contributed by atoms with van der Waals surface area (Å²) in [4.78, 5) is 17.2. The lowest BCUT2D eigenvalue weighted by Crippen LogP contribution is -2.41. The van der Waals surface area contributed by atoms with Crippen molar-refractivity contribution in [3.8, 4) is 0 Å². The van der Waals surface area contributed by atoms with Crippen LogP contribution in [0.4, 0.5) is 13.2 Å². The summed E-state index contributed by atoms with van der Waals surface area (Å²) in [6.45, 7) is 1.38. The van der Waals surface area contributed by atoms with E-state index >= 15 is 0 Å². The minimum atomic E-state index is -4.41. The van der Waals surface area contributed by atoms with Crippen LogP contribution in [0, 0.1) is 0 Å². The first-order valence-corrected chi connectivity index (χ1v) is 8.70. The highest BCUT2D eigenvalue weighted by molar-refractivity contribution is 7.09. The molecule has 0 saturated carbocycles. The van der Waals surface area contributed by atoms with Crippen molar-refractivity contribution in [1.29, 1.82) is 0 Å². The van der Waals surface area contributed by atoms with E-state index in [1.807, 2.05) is 17.5 Å². The van der Waals surface area contributed by atoms with Crippen molar-refractivity contribution >= 4 is 23.2 Å². The summed E-state index contributed by atoms with van der Waals surface area (Å²) in [5.41, 5.74) is -0.602. The lowest BCUT2D eigenvalue weighted by Gasteiger charge is -2.12. The van der Waals surface area contributed by atoms with Gasteiger partial charge in [-0.2, -0.15) is 13.2 Å². The highest BCUT2D eigenvalue weighted by Crippen LogP contribution is 2.29. The number of aliphatic imine (C=N–C) groups is 1. The summed E-state index contributed by atoms with van der Waals surface area (Å²) in [6.07, 6.45) is -4.41. The number of rotatable bonds is 6. The summed E-state index contributed by atoms with van der Waals surface area (Å²) in [6, 6.07) is 8.08. The Morgan fingerprint density at radius 2 is 1.77 bits per heavy atom. The van der Waals surface area contributed by atoms with Gasteiger partial charge in [-0.05, 0) is 35.7 Å². The first-order chi connectivity index (χ1) is 12.4. The van der Waals surface area contributed by atoms with Crippen LogP contribution in [0.25, 0.3) is 0 Å². The zero-order valence-corrected chi connectivity index (χ0v) is 14.9. The van der Waals surface area contributed by atoms with Crippen molar-refractivity contribution < 1.29 is 18.0 Å². The first kappa shape index (κ1) is 19.8. The fourth-order valence-electron chi connectivity index (χ4n) is 2.07. The summed E-state index contributed by atoms with van der Waals surface area (Å²) in [7, 11) is 1.64. The third kappa shape index (κ3) is 6.07. The van der Waals surface area contributed by atoms with Crippen molar-refractivity contribution in [2.75, 3.05) is 20.1 Å². The molecule has 0 aliphatic carbocycles. The molecule has 0 unspecified atom stereocenters. The van der Waals surface area contributed by atoms with E-state index < -0.39 is 17.6 Å². The van der Waals surface area contributed by atoms with Crippen LogP contribution in [0.5, 0.6) is 0 Å². The Morgan fingerprint density at radius 1 is 1.08 bits per heavy atom. The Bertz CT molecular complexity index is 727. The molecule has 0 aliphatic heterocycles. The van der Waals surface area contributed by atoms with Gasteiger partial charge >= 0.3 is 6.18 Å². The highest BCUT2D eigenvalue weighted by Gasteiger charge is 2.30. The second-order valence-corrected chi connectivity index (χ2v) is 6.30. The van der Waals surface area contributed by atoms with E-state index in [-0.39, 0.29) is 5.56 Å². The van der Waals surface area contributed by atoms with Crippen LogP contribution in [0.3, 0.4) is 0 Å². The lowest BCUT2D eigenvalue weighted by atomic mass is 10.1. The van der Waals surface area contributed by atoms with E-state index in [9.17, 15) is 18.0 Å². The maximum Gasteiger partial charge on any atom is 0.416 e. The van der Waals surface area contributed by atoms with Crippen molar-refractivity contribution in [3.63, 3.8) is 0 Å². The molecule has 1 heterocycles. The molecule has 2 aromatic rings. The molecular formula is C17H19F3N4OS. The van der Waals surface area contributed by atoms with Gasteiger partial charge in [-0.1, -0.05) is 6.07 Å². The topological polar surface area (TPSA) is 65.5 Å². The van der Waals surface area contributed by atoms with Gasteiger partial charge in [-0.25, -0.2) is 0 Å². The van der Waals surface area contributed by atoms with Gasteiger partial charge in [0.1, 0.15) is 0 Å². The number of hydrogen-bond donors (Lipinski definition) is 3. The van der Waals surface area contributed by atoms with Gasteiger partial charge in [0.05, 0.1) is 12.1 Å². The molecule has 1 aromatic heterocycles. The largest absolute Gasteiger partial charge is 0.416 e. The monoisotopic (exact) mass is 384 g/mol. The van der Waals surface area contributed by atoms with E-state index in [4.69, 9.17) is 0 Å². The van der Waals surface area contributed by atoms with Gasteiger partial charge in [0.25, 0.3) is 5.91 Å². The molecule has 1 aromatic carbocycles. The minimum Gasteiger partial charge on any atom is -0.355 e. The Balaban J connectivity index is 1.72. The lowest BCUT2D eigenvalue weighted by molar-refractivity contribution is -0.137. The van der Waals surface area contributed by atoms with Crippen LogP contribution >= 0.6 is 11.3 Å². The maximum absolute atomic E-state index is 12.5. The van der Waals surface area contributed by atoms with Crippen LogP contribution in [-0.4, -0.2) is 32.0 Å². The SMILES string of the molecule is CN=C(NCCNC(=O)c1ccc(C(F)(F)F)cc1)NCc1cccs1. The van der Waals surface area contributed by atoms with Gasteiger partial charge in [-0.15, -0.1) is 11.3 Å². The molecule has 0 spiro atoms. The van der Waals surface area contributed by atoms with Gasteiger partial charge in [-0.3, -0.25) is 9.79 Å². The van der Waals surface area contributed by atoms with Crippen molar-refractivity contribution in [2.45, 2.75) is 12.7 Å². The number of nitrogens with zero attached hydrogens (tertiary/aromatic N) is 1. The first-order valence-electron chi connectivity index (χ1n) is 7.82. The Morgan fingerprint density at radius 3 is 2.35 bits per heavy atom. The zero-order valence-electron chi connectivity index (χ0n) is 14.1. The third-order valence-electron chi connectivity index (χ3n) is 3.41. The molecule has 140 valence electrons. The average molecular weight is 384 g/mol. The van der Waals surface area contributed by atoms with E-state index in [0.717, 1.165) is 24.3 Å². The molecule has 0 bridgehead atoms. The minimum absolute atomic E-state index is 0.179. The number of hydrogen-bond acceptors (Lipinski definition) is 3. The van der Waals surface area contributed by atoms with Crippen molar-refractivity contribution in [3.05, 3.63) is 57.8 Å². The molecule has 5 nitrogen and oxygen atoms in total. The Hall–Kier alpha value is -2.55. The molecule has 26 heavy (non-hydrogen) atoms. The van der Waals surface area contributed by atoms with E-state index in [0.29, 0.717) is 25.6 Å². The molecular weight excluding hydrogens is 365 g/mol. The predicted octanol–water partition coefficient (Wildman–Crippen LogP) is 2.86. The van der Waals surface area contributed by atoms with Gasteiger partial charge in [0.2, 0.25) is 0 Å². The van der Waals surface area contributed by atoms with Crippen LogP contribution in [0.15, 0.2) is 46.8 Å². The Labute approximate surface area is 153 Å². The van der Waals surface area contributed by atoms with Gasteiger partial charge in [0, 0.05) is 30.6 Å². The molecule has 0 atom stereocenters. The highest BCUT2D eigenvalue weighted by atomic mass is 32.1. The van der Waals surface area contributed by atoms with E-state index in [2.05, 4.69) is 20.9 Å². The van der Waals surface area contributed by atoms with Gasteiger partial charge in [0.15, 0.2) is 5.96 Å². The van der Waals surface area contributed by atoms with E-state index in [1.54, 1.807) is 18.4 Å². The van der Waals surface area contributed by atoms with Crippen molar-refractivity contribution in [1.82, 2.24) is 16.0 Å². The molecule has 0 aliphatic rings. The average Bonchev–Trinajstić information content (AvgIpc) is 3.14. The van der Waals surface area contributed by atoms with Gasteiger partial charge < -0.3 is 16.0 Å². The molecule has 1 amide bonds. The summed E-state index contributed by atoms with van der Waals surface area (Å²) in [5, 5.41) is 10.8. The van der Waals surface area contributed by atoms with Crippen LogP contribution in [0.2, 0.25) is 0 Å². The second-order valence-electron chi connectivity index (χ2n) is 5.26. The number of guanidine groups is 1. The summed E-state index contributed by atoms with van der Waals surface area (Å²) in [5.74, 6) is 0.171. The molecule has 0 fully saturated rings. The third-order valence-corrected chi connectivity index (χ3v) is 4.29. The number of amides is 1. The fraction of sp³-hybridized carbons (Fsp3) is 0.294. The predicted molar refractivity (Wildman–Crippen MR) is 96.3 cm³/mol.